The zero-order chi connectivity index (χ0) is 14.6. The molecule has 0 atom stereocenters. The second kappa shape index (κ2) is 11.2. The van der Waals surface area contributed by atoms with Gasteiger partial charge in [0.1, 0.15) is 0 Å². The first kappa shape index (κ1) is 18.4. The molecule has 2 nitrogen and oxygen atoms in total. The van der Waals surface area contributed by atoms with E-state index in [4.69, 9.17) is 9.47 Å². The van der Waals surface area contributed by atoms with Crippen molar-refractivity contribution in [3.63, 3.8) is 0 Å². The van der Waals surface area contributed by atoms with E-state index < -0.39 is 0 Å². The summed E-state index contributed by atoms with van der Waals surface area (Å²) in [4.78, 5) is 0. The summed E-state index contributed by atoms with van der Waals surface area (Å²) in [6, 6.07) is 0. The van der Waals surface area contributed by atoms with Crippen LogP contribution in [0.2, 0.25) is 0 Å². The Balaban J connectivity index is 3.96. The van der Waals surface area contributed by atoms with Gasteiger partial charge in [-0.05, 0) is 25.7 Å². The highest BCUT2D eigenvalue weighted by Crippen LogP contribution is 2.23. The number of hydrogen-bond donors (Lipinski definition) is 0. The van der Waals surface area contributed by atoms with Crippen LogP contribution in [0.3, 0.4) is 0 Å². The average molecular weight is 268 g/mol. The lowest BCUT2D eigenvalue weighted by atomic mass is 9.96. The third-order valence-corrected chi connectivity index (χ3v) is 2.62. The number of hydrogen-bond acceptors (Lipinski definition) is 2. The number of rotatable bonds is 10. The molecule has 0 aromatic carbocycles. The Hall–Kier alpha value is -0.600. The molecule has 0 amide bonds. The van der Waals surface area contributed by atoms with E-state index in [9.17, 15) is 0 Å². The normalized spacial score (nSPS) is 13.2. The van der Waals surface area contributed by atoms with Crippen LogP contribution < -0.4 is 0 Å². The monoisotopic (exact) mass is 268 g/mol. The van der Waals surface area contributed by atoms with Crippen LogP contribution in [0.1, 0.15) is 60.3 Å². The first-order chi connectivity index (χ1) is 9.02. The van der Waals surface area contributed by atoms with Crippen molar-refractivity contribution in [2.24, 2.45) is 5.41 Å². The van der Waals surface area contributed by atoms with Crippen LogP contribution in [-0.2, 0) is 9.47 Å². The quantitative estimate of drug-likeness (QED) is 0.311. The molecule has 0 aliphatic carbocycles. The van der Waals surface area contributed by atoms with Gasteiger partial charge < -0.3 is 9.47 Å². The fraction of sp³-hybridized carbons (Fsp3) is 0.765. The zero-order valence-electron chi connectivity index (χ0n) is 13.4. The van der Waals surface area contributed by atoms with Crippen molar-refractivity contribution in [2.75, 3.05) is 13.2 Å². The predicted octanol–water partition coefficient (Wildman–Crippen LogP) is 5.10. The van der Waals surface area contributed by atoms with Crippen LogP contribution in [0, 0.1) is 5.41 Å². The SMILES string of the molecule is CC/C=C\CCOC(OCC/C=C\CC)C(C)(C)C. The Morgan fingerprint density at radius 3 is 1.53 bits per heavy atom. The maximum atomic E-state index is 5.86. The molecule has 0 unspecified atom stereocenters. The summed E-state index contributed by atoms with van der Waals surface area (Å²) in [6.07, 6.45) is 12.6. The van der Waals surface area contributed by atoms with Crippen LogP contribution >= 0.6 is 0 Å². The van der Waals surface area contributed by atoms with Crippen LogP contribution in [0.4, 0.5) is 0 Å². The minimum Gasteiger partial charge on any atom is -0.352 e. The van der Waals surface area contributed by atoms with E-state index in [-0.39, 0.29) is 11.7 Å². The molecule has 0 rings (SSSR count). The molecule has 0 aromatic rings. The molecule has 0 bridgehead atoms. The summed E-state index contributed by atoms with van der Waals surface area (Å²) in [5.41, 5.74) is 0.0168. The van der Waals surface area contributed by atoms with Crippen LogP contribution in [0.25, 0.3) is 0 Å². The van der Waals surface area contributed by atoms with Crippen molar-refractivity contribution in [2.45, 2.75) is 66.6 Å². The number of allylic oxidation sites excluding steroid dienone is 2. The summed E-state index contributed by atoms with van der Waals surface area (Å²) < 4.78 is 11.7. The second-order valence-electron chi connectivity index (χ2n) is 5.78. The first-order valence-electron chi connectivity index (χ1n) is 7.55. The van der Waals surface area contributed by atoms with Crippen LogP contribution in [-0.4, -0.2) is 19.5 Å². The summed E-state index contributed by atoms with van der Waals surface area (Å²) in [5.74, 6) is 0. The number of ether oxygens (including phenoxy) is 2. The van der Waals surface area contributed by atoms with Gasteiger partial charge in [0.15, 0.2) is 6.29 Å². The van der Waals surface area contributed by atoms with E-state index in [2.05, 4.69) is 58.9 Å². The van der Waals surface area contributed by atoms with Crippen molar-refractivity contribution in [1.29, 1.82) is 0 Å². The Morgan fingerprint density at radius 1 is 0.789 bits per heavy atom. The standard InChI is InChI=1S/C17H32O2/c1-6-8-10-12-14-18-16(17(3,4)5)19-15-13-11-9-7-2/h8-11,16H,6-7,12-15H2,1-5H3/b10-8-,11-9-. The summed E-state index contributed by atoms with van der Waals surface area (Å²) in [7, 11) is 0. The summed E-state index contributed by atoms with van der Waals surface area (Å²) >= 11 is 0. The van der Waals surface area contributed by atoms with E-state index in [0.717, 1.165) is 38.9 Å². The molecule has 0 radical (unpaired) electrons. The van der Waals surface area contributed by atoms with E-state index in [1.54, 1.807) is 0 Å². The highest BCUT2D eigenvalue weighted by Gasteiger charge is 2.25. The molecule has 19 heavy (non-hydrogen) atoms. The molecule has 0 aliphatic rings. The molecule has 0 heterocycles. The fourth-order valence-corrected chi connectivity index (χ4v) is 1.60. The van der Waals surface area contributed by atoms with Gasteiger partial charge in [-0.2, -0.15) is 0 Å². The van der Waals surface area contributed by atoms with Gasteiger partial charge in [-0.3, -0.25) is 0 Å². The van der Waals surface area contributed by atoms with Gasteiger partial charge in [-0.25, -0.2) is 0 Å². The minimum absolute atomic E-state index is 0.0168. The first-order valence-corrected chi connectivity index (χ1v) is 7.55. The molecule has 0 spiro atoms. The molecule has 2 heteroatoms. The molecule has 0 fully saturated rings. The van der Waals surface area contributed by atoms with E-state index in [1.807, 2.05) is 0 Å². The van der Waals surface area contributed by atoms with Crippen LogP contribution in [0.5, 0.6) is 0 Å². The Kier molecular flexibility index (Phi) is 10.9. The van der Waals surface area contributed by atoms with Gasteiger partial charge in [0.25, 0.3) is 0 Å². The molecule has 0 N–H and O–H groups in total. The van der Waals surface area contributed by atoms with Gasteiger partial charge in [-0.1, -0.05) is 58.9 Å². The molecular formula is C17H32O2. The van der Waals surface area contributed by atoms with Gasteiger partial charge in [0.05, 0.1) is 13.2 Å². The fourth-order valence-electron chi connectivity index (χ4n) is 1.60. The Labute approximate surface area is 119 Å². The minimum atomic E-state index is -0.127. The summed E-state index contributed by atoms with van der Waals surface area (Å²) in [5, 5.41) is 0. The molecular weight excluding hydrogens is 236 g/mol. The van der Waals surface area contributed by atoms with Crippen molar-refractivity contribution in [3.05, 3.63) is 24.3 Å². The third kappa shape index (κ3) is 11.0. The molecule has 0 saturated carbocycles. The maximum absolute atomic E-state index is 5.86. The molecule has 0 saturated heterocycles. The molecule has 0 aliphatic heterocycles. The van der Waals surface area contributed by atoms with Crippen molar-refractivity contribution < 1.29 is 9.47 Å². The van der Waals surface area contributed by atoms with Crippen molar-refractivity contribution in [3.8, 4) is 0 Å². The van der Waals surface area contributed by atoms with Gasteiger partial charge >= 0.3 is 0 Å². The topological polar surface area (TPSA) is 18.5 Å². The van der Waals surface area contributed by atoms with Gasteiger partial charge in [0.2, 0.25) is 0 Å². The highest BCUT2D eigenvalue weighted by atomic mass is 16.7. The Morgan fingerprint density at radius 2 is 1.21 bits per heavy atom. The lowest BCUT2D eigenvalue weighted by Crippen LogP contribution is -2.32. The largest absolute Gasteiger partial charge is 0.352 e. The van der Waals surface area contributed by atoms with Gasteiger partial charge in [-0.15, -0.1) is 0 Å². The third-order valence-electron chi connectivity index (χ3n) is 2.62. The molecule has 112 valence electrons. The lowest BCUT2D eigenvalue weighted by Gasteiger charge is -2.30. The lowest BCUT2D eigenvalue weighted by molar-refractivity contribution is -0.192. The summed E-state index contributed by atoms with van der Waals surface area (Å²) in [6.45, 7) is 12.2. The van der Waals surface area contributed by atoms with Crippen LogP contribution in [0.15, 0.2) is 24.3 Å². The molecule has 0 aromatic heterocycles. The Bertz CT molecular complexity index is 228. The van der Waals surface area contributed by atoms with E-state index in [0.29, 0.717) is 0 Å². The van der Waals surface area contributed by atoms with Crippen molar-refractivity contribution in [1.82, 2.24) is 0 Å². The van der Waals surface area contributed by atoms with Gasteiger partial charge in [0, 0.05) is 5.41 Å². The van der Waals surface area contributed by atoms with Crippen molar-refractivity contribution >= 4 is 0 Å². The second-order valence-corrected chi connectivity index (χ2v) is 5.78. The highest BCUT2D eigenvalue weighted by molar-refractivity contribution is 4.81. The van der Waals surface area contributed by atoms with E-state index in [1.165, 1.54) is 0 Å². The van der Waals surface area contributed by atoms with E-state index >= 15 is 0 Å². The zero-order valence-corrected chi connectivity index (χ0v) is 13.4. The average Bonchev–Trinajstić information content (AvgIpc) is 2.34. The predicted molar refractivity (Wildman–Crippen MR) is 83.2 cm³/mol. The smallest absolute Gasteiger partial charge is 0.162 e. The maximum Gasteiger partial charge on any atom is 0.162 e.